The number of ether oxygens (including phenoxy) is 3. The second-order valence-electron chi connectivity index (χ2n) is 10.3. The second-order valence-corrected chi connectivity index (χ2v) is 10.3. The van der Waals surface area contributed by atoms with Gasteiger partial charge in [-0.1, -0.05) is 60.7 Å². The Labute approximate surface area is 256 Å². The van der Waals surface area contributed by atoms with E-state index in [2.05, 4.69) is 11.4 Å². The Morgan fingerprint density at radius 2 is 1.66 bits per heavy atom. The number of hydrogen-bond donors (Lipinski definition) is 1. The quantitative estimate of drug-likeness (QED) is 0.151. The number of benzene rings is 4. The van der Waals surface area contributed by atoms with Crippen LogP contribution >= 0.6 is 0 Å². The molecule has 0 saturated heterocycles. The maximum atomic E-state index is 16.4. The standard InChI is InChI=1S/C35H34FN5O3/c1-4-43-29-19-30(32(36)31(20-29)44-24(2)3)33(38-28-17-15-25(21-37)16-18-28)35-39-34(27-13-9-6-10-14-27)40-41(35)23-42-22-26-11-7-5-8-12-26/h5-20,24,33,38H,4,22-23H2,1-3H3. The molecule has 1 atom stereocenters. The molecule has 0 aliphatic rings. The first-order chi connectivity index (χ1) is 21.4. The molecule has 44 heavy (non-hydrogen) atoms. The molecule has 0 aliphatic carbocycles. The lowest BCUT2D eigenvalue weighted by Gasteiger charge is -2.23. The van der Waals surface area contributed by atoms with Gasteiger partial charge in [0.05, 0.1) is 31.0 Å². The summed E-state index contributed by atoms with van der Waals surface area (Å²) >= 11 is 0. The van der Waals surface area contributed by atoms with Crippen LogP contribution < -0.4 is 14.8 Å². The topological polar surface area (TPSA) is 94.2 Å². The molecule has 0 saturated carbocycles. The lowest BCUT2D eigenvalue weighted by molar-refractivity contribution is 0.0537. The van der Waals surface area contributed by atoms with Crippen molar-refractivity contribution in [3.63, 3.8) is 0 Å². The third-order valence-corrected chi connectivity index (χ3v) is 6.67. The largest absolute Gasteiger partial charge is 0.494 e. The second kappa shape index (κ2) is 14.3. The molecule has 1 N–H and O–H groups in total. The van der Waals surface area contributed by atoms with Gasteiger partial charge in [-0.05, 0) is 56.7 Å². The normalized spacial score (nSPS) is 11.6. The molecule has 8 nitrogen and oxygen atoms in total. The van der Waals surface area contributed by atoms with E-state index in [-0.39, 0.29) is 24.1 Å². The fourth-order valence-electron chi connectivity index (χ4n) is 4.68. The molecule has 0 spiro atoms. The van der Waals surface area contributed by atoms with Crippen LogP contribution in [0.25, 0.3) is 11.4 Å². The van der Waals surface area contributed by atoms with Crippen molar-refractivity contribution in [2.75, 3.05) is 11.9 Å². The molecular weight excluding hydrogens is 557 g/mol. The first kappa shape index (κ1) is 30.3. The number of aromatic nitrogens is 3. The van der Waals surface area contributed by atoms with Crippen molar-refractivity contribution < 1.29 is 18.6 Å². The van der Waals surface area contributed by atoms with Crippen molar-refractivity contribution in [3.8, 4) is 29.0 Å². The van der Waals surface area contributed by atoms with Gasteiger partial charge >= 0.3 is 0 Å². The van der Waals surface area contributed by atoms with Crippen molar-refractivity contribution in [2.24, 2.45) is 0 Å². The average molecular weight is 592 g/mol. The molecule has 9 heteroatoms. The Morgan fingerprint density at radius 3 is 2.32 bits per heavy atom. The number of nitriles is 1. The van der Waals surface area contributed by atoms with E-state index in [0.29, 0.717) is 41.9 Å². The Kier molecular flexibility index (Phi) is 9.85. The van der Waals surface area contributed by atoms with Gasteiger partial charge in [0.1, 0.15) is 18.5 Å². The summed E-state index contributed by atoms with van der Waals surface area (Å²) in [5, 5.41) is 17.5. The van der Waals surface area contributed by atoms with Crippen LogP contribution in [0.4, 0.5) is 10.1 Å². The molecule has 1 aromatic heterocycles. The summed E-state index contributed by atoms with van der Waals surface area (Å²) in [6.45, 7) is 6.36. The minimum Gasteiger partial charge on any atom is -0.494 e. The van der Waals surface area contributed by atoms with Crippen LogP contribution in [-0.2, 0) is 18.1 Å². The predicted octanol–water partition coefficient (Wildman–Crippen LogP) is 7.52. The van der Waals surface area contributed by atoms with Gasteiger partial charge < -0.3 is 19.5 Å². The van der Waals surface area contributed by atoms with Gasteiger partial charge in [-0.25, -0.2) is 14.1 Å². The molecule has 1 heterocycles. The molecule has 5 aromatic rings. The Hall–Kier alpha value is -5.20. The average Bonchev–Trinajstić information content (AvgIpc) is 3.46. The van der Waals surface area contributed by atoms with Gasteiger partial charge in [-0.2, -0.15) is 5.26 Å². The maximum Gasteiger partial charge on any atom is 0.181 e. The summed E-state index contributed by atoms with van der Waals surface area (Å²) in [5.41, 5.74) is 3.23. The summed E-state index contributed by atoms with van der Waals surface area (Å²) < 4.78 is 35.8. The first-order valence-electron chi connectivity index (χ1n) is 14.5. The molecule has 0 amide bonds. The van der Waals surface area contributed by atoms with Crippen molar-refractivity contribution in [1.29, 1.82) is 5.26 Å². The fraction of sp³-hybridized carbons (Fsp3) is 0.229. The van der Waals surface area contributed by atoms with Crippen LogP contribution in [0.5, 0.6) is 11.5 Å². The summed E-state index contributed by atoms with van der Waals surface area (Å²) in [7, 11) is 0. The highest BCUT2D eigenvalue weighted by Gasteiger charge is 2.29. The molecule has 0 radical (unpaired) electrons. The number of halogens is 1. The highest BCUT2D eigenvalue weighted by molar-refractivity contribution is 5.56. The molecule has 0 bridgehead atoms. The number of anilines is 1. The molecule has 0 aliphatic heterocycles. The SMILES string of the molecule is CCOc1cc(OC(C)C)c(F)c(C(Nc2ccc(C#N)cc2)c2nc(-c3ccccc3)nn2COCc2ccccc2)c1. The fourth-order valence-corrected chi connectivity index (χ4v) is 4.68. The lowest BCUT2D eigenvalue weighted by Crippen LogP contribution is -2.21. The Bertz CT molecular complexity index is 1700. The van der Waals surface area contributed by atoms with Crippen molar-refractivity contribution in [1.82, 2.24) is 14.8 Å². The van der Waals surface area contributed by atoms with Crippen LogP contribution in [0.1, 0.15) is 49.3 Å². The van der Waals surface area contributed by atoms with E-state index >= 15 is 4.39 Å². The summed E-state index contributed by atoms with van der Waals surface area (Å²) in [6.07, 6.45) is -0.265. The lowest BCUT2D eigenvalue weighted by atomic mass is 10.0. The highest BCUT2D eigenvalue weighted by atomic mass is 19.1. The van der Waals surface area contributed by atoms with Gasteiger partial charge in [0, 0.05) is 22.9 Å². The zero-order valence-electron chi connectivity index (χ0n) is 24.9. The smallest absolute Gasteiger partial charge is 0.181 e. The van der Waals surface area contributed by atoms with Gasteiger partial charge in [0.25, 0.3) is 0 Å². The third-order valence-electron chi connectivity index (χ3n) is 6.67. The number of nitrogens with one attached hydrogen (secondary N) is 1. The van der Waals surface area contributed by atoms with E-state index in [1.54, 1.807) is 41.1 Å². The molecule has 5 rings (SSSR count). The van der Waals surface area contributed by atoms with Crippen molar-refractivity contribution >= 4 is 5.69 Å². The molecule has 1 unspecified atom stereocenters. The van der Waals surface area contributed by atoms with Crippen LogP contribution in [0, 0.1) is 17.1 Å². The minimum atomic E-state index is -0.844. The Morgan fingerprint density at radius 1 is 0.955 bits per heavy atom. The van der Waals surface area contributed by atoms with E-state index < -0.39 is 11.9 Å². The van der Waals surface area contributed by atoms with Gasteiger partial charge in [-0.15, -0.1) is 5.10 Å². The van der Waals surface area contributed by atoms with E-state index in [9.17, 15) is 5.26 Å². The molecular formula is C35H34FN5O3. The van der Waals surface area contributed by atoms with E-state index in [1.165, 1.54) is 0 Å². The van der Waals surface area contributed by atoms with Gasteiger partial charge in [0.15, 0.2) is 23.2 Å². The van der Waals surface area contributed by atoms with Crippen molar-refractivity contribution in [3.05, 3.63) is 125 Å². The number of hydrogen-bond acceptors (Lipinski definition) is 7. The van der Waals surface area contributed by atoms with Crippen molar-refractivity contribution in [2.45, 2.75) is 46.3 Å². The number of rotatable bonds is 13. The van der Waals surface area contributed by atoms with E-state index in [1.807, 2.05) is 81.4 Å². The minimum absolute atomic E-state index is 0.0672. The summed E-state index contributed by atoms with van der Waals surface area (Å²) in [5.74, 6) is 0.873. The van der Waals surface area contributed by atoms with Crippen LogP contribution in [0.2, 0.25) is 0 Å². The van der Waals surface area contributed by atoms with Crippen LogP contribution in [0.3, 0.4) is 0 Å². The predicted molar refractivity (Wildman–Crippen MR) is 167 cm³/mol. The van der Waals surface area contributed by atoms with Crippen LogP contribution in [0.15, 0.2) is 97.1 Å². The monoisotopic (exact) mass is 591 g/mol. The first-order valence-corrected chi connectivity index (χ1v) is 14.5. The molecule has 0 fully saturated rings. The molecule has 4 aromatic carbocycles. The zero-order valence-corrected chi connectivity index (χ0v) is 24.9. The highest BCUT2D eigenvalue weighted by Crippen LogP contribution is 2.36. The van der Waals surface area contributed by atoms with E-state index in [4.69, 9.17) is 24.3 Å². The summed E-state index contributed by atoms with van der Waals surface area (Å²) in [6, 6.07) is 30.8. The Balaban J connectivity index is 1.63. The number of nitrogens with zero attached hydrogens (tertiary/aromatic N) is 4. The van der Waals surface area contributed by atoms with Gasteiger partial charge in [-0.3, -0.25) is 0 Å². The molecule has 224 valence electrons. The third kappa shape index (κ3) is 7.41. The van der Waals surface area contributed by atoms with E-state index in [0.717, 1.165) is 11.1 Å². The summed E-state index contributed by atoms with van der Waals surface area (Å²) in [4.78, 5) is 4.93. The van der Waals surface area contributed by atoms with Crippen LogP contribution in [-0.4, -0.2) is 27.5 Å². The zero-order chi connectivity index (χ0) is 30.9. The maximum absolute atomic E-state index is 16.4. The van der Waals surface area contributed by atoms with Gasteiger partial charge in [0.2, 0.25) is 0 Å².